The van der Waals surface area contributed by atoms with Gasteiger partial charge in [-0.3, -0.25) is 0 Å². The first-order valence-electron chi connectivity index (χ1n) is 5.82. The summed E-state index contributed by atoms with van der Waals surface area (Å²) in [5.41, 5.74) is 2.29. The zero-order valence-electron chi connectivity index (χ0n) is 9.94. The number of hydrogen-bond acceptors (Lipinski definition) is 3. The molecule has 0 amide bonds. The zero-order valence-corrected chi connectivity index (χ0v) is 10.8. The Bertz CT molecular complexity index is 521. The Hall–Kier alpha value is -1.48. The van der Waals surface area contributed by atoms with Gasteiger partial charge in [-0.25, -0.2) is 0 Å². The maximum absolute atomic E-state index is 6.17. The molecule has 17 heavy (non-hydrogen) atoms. The van der Waals surface area contributed by atoms with Crippen LogP contribution in [-0.4, -0.2) is 6.04 Å². The van der Waals surface area contributed by atoms with Crippen LogP contribution < -0.4 is 10.1 Å². The number of hydrogen-bond donors (Lipinski definition) is 1. The smallest absolute Gasteiger partial charge is 0.153 e. The first kappa shape index (κ1) is 10.7. The minimum atomic E-state index is 0.114. The van der Waals surface area contributed by atoms with Crippen LogP contribution in [0.2, 0.25) is 0 Å². The molecule has 0 saturated heterocycles. The van der Waals surface area contributed by atoms with Crippen molar-refractivity contribution in [3.63, 3.8) is 0 Å². The standard InChI is InChI=1S/C14H15NOS/c1-9-5-3-6-11-13(9)16-14(10(2)15-11)12-7-4-8-17-12/h3-8,10,14-15H,1-2H3. The fourth-order valence-corrected chi connectivity index (χ4v) is 3.09. The Morgan fingerprint density at radius 3 is 2.88 bits per heavy atom. The maximum atomic E-state index is 6.17. The molecule has 1 aromatic carbocycles. The number of aryl methyl sites for hydroxylation is 1. The Balaban J connectivity index is 2.00. The van der Waals surface area contributed by atoms with E-state index >= 15 is 0 Å². The monoisotopic (exact) mass is 245 g/mol. The van der Waals surface area contributed by atoms with Gasteiger partial charge < -0.3 is 10.1 Å². The molecule has 0 fully saturated rings. The summed E-state index contributed by atoms with van der Waals surface area (Å²) in [6.07, 6.45) is 0.114. The van der Waals surface area contributed by atoms with E-state index in [0.717, 1.165) is 11.4 Å². The van der Waals surface area contributed by atoms with Gasteiger partial charge in [0.05, 0.1) is 11.7 Å². The summed E-state index contributed by atoms with van der Waals surface area (Å²) in [6.45, 7) is 4.25. The van der Waals surface area contributed by atoms with Gasteiger partial charge in [0.1, 0.15) is 5.75 Å². The van der Waals surface area contributed by atoms with Crippen molar-refractivity contribution in [1.29, 1.82) is 0 Å². The molecule has 1 aromatic heterocycles. The van der Waals surface area contributed by atoms with Crippen molar-refractivity contribution >= 4 is 17.0 Å². The summed E-state index contributed by atoms with van der Waals surface area (Å²) in [7, 11) is 0. The number of rotatable bonds is 1. The lowest BCUT2D eigenvalue weighted by Crippen LogP contribution is -2.32. The molecule has 0 bridgehead atoms. The second kappa shape index (κ2) is 4.08. The van der Waals surface area contributed by atoms with Gasteiger partial charge in [-0.15, -0.1) is 11.3 Å². The number of fused-ring (bicyclic) bond motifs is 1. The van der Waals surface area contributed by atoms with Crippen LogP contribution in [0.4, 0.5) is 5.69 Å². The first-order chi connectivity index (χ1) is 8.25. The number of para-hydroxylation sites is 1. The van der Waals surface area contributed by atoms with Crippen LogP contribution >= 0.6 is 11.3 Å². The van der Waals surface area contributed by atoms with Gasteiger partial charge in [0.2, 0.25) is 0 Å². The molecule has 2 atom stereocenters. The van der Waals surface area contributed by atoms with E-state index in [-0.39, 0.29) is 6.10 Å². The van der Waals surface area contributed by atoms with Gasteiger partial charge in [0.25, 0.3) is 0 Å². The third kappa shape index (κ3) is 1.80. The van der Waals surface area contributed by atoms with Crippen molar-refractivity contribution in [3.05, 3.63) is 46.2 Å². The highest BCUT2D eigenvalue weighted by Crippen LogP contribution is 2.40. The van der Waals surface area contributed by atoms with Crippen LogP contribution in [0.1, 0.15) is 23.5 Å². The molecule has 0 saturated carbocycles. The van der Waals surface area contributed by atoms with E-state index in [4.69, 9.17) is 4.74 Å². The number of thiophene rings is 1. The molecule has 2 aromatic rings. The summed E-state index contributed by atoms with van der Waals surface area (Å²) in [4.78, 5) is 1.28. The summed E-state index contributed by atoms with van der Waals surface area (Å²) in [5, 5.41) is 5.62. The number of anilines is 1. The van der Waals surface area contributed by atoms with Crippen molar-refractivity contribution in [2.75, 3.05) is 5.32 Å². The number of ether oxygens (including phenoxy) is 1. The first-order valence-corrected chi connectivity index (χ1v) is 6.70. The van der Waals surface area contributed by atoms with Crippen LogP contribution in [-0.2, 0) is 0 Å². The lowest BCUT2D eigenvalue weighted by molar-refractivity contribution is 0.180. The van der Waals surface area contributed by atoms with Crippen LogP contribution in [0.5, 0.6) is 5.75 Å². The van der Waals surface area contributed by atoms with Crippen molar-refractivity contribution < 1.29 is 4.74 Å². The van der Waals surface area contributed by atoms with Crippen LogP contribution in [0.15, 0.2) is 35.7 Å². The Morgan fingerprint density at radius 2 is 2.12 bits per heavy atom. The van der Waals surface area contributed by atoms with Gasteiger partial charge in [-0.05, 0) is 36.9 Å². The Labute approximate surface area is 105 Å². The highest BCUT2D eigenvalue weighted by atomic mass is 32.1. The van der Waals surface area contributed by atoms with E-state index in [1.54, 1.807) is 11.3 Å². The highest BCUT2D eigenvalue weighted by molar-refractivity contribution is 7.10. The highest BCUT2D eigenvalue weighted by Gasteiger charge is 2.28. The molecule has 88 valence electrons. The SMILES string of the molecule is Cc1cccc2c1OC(c1cccs1)C(C)N2. The summed E-state index contributed by atoms with van der Waals surface area (Å²) >= 11 is 1.75. The van der Waals surface area contributed by atoms with E-state index in [2.05, 4.69) is 54.9 Å². The average molecular weight is 245 g/mol. The van der Waals surface area contributed by atoms with Gasteiger partial charge in [-0.1, -0.05) is 18.2 Å². The van der Waals surface area contributed by atoms with Crippen molar-refractivity contribution in [1.82, 2.24) is 0 Å². The van der Waals surface area contributed by atoms with Gasteiger partial charge >= 0.3 is 0 Å². The van der Waals surface area contributed by atoms with Crippen molar-refractivity contribution in [3.8, 4) is 5.75 Å². The van der Waals surface area contributed by atoms with Gasteiger partial charge in [0, 0.05) is 4.88 Å². The molecule has 1 N–H and O–H groups in total. The topological polar surface area (TPSA) is 21.3 Å². The lowest BCUT2D eigenvalue weighted by atomic mass is 10.1. The van der Waals surface area contributed by atoms with Crippen LogP contribution in [0, 0.1) is 6.92 Å². The second-order valence-corrected chi connectivity index (χ2v) is 5.42. The van der Waals surface area contributed by atoms with E-state index in [9.17, 15) is 0 Å². The molecule has 0 aliphatic carbocycles. The van der Waals surface area contributed by atoms with E-state index in [0.29, 0.717) is 6.04 Å². The normalized spacial score (nSPS) is 22.5. The largest absolute Gasteiger partial charge is 0.480 e. The van der Waals surface area contributed by atoms with Gasteiger partial charge in [0.15, 0.2) is 6.10 Å². The van der Waals surface area contributed by atoms with E-state index in [1.165, 1.54) is 10.4 Å². The predicted molar refractivity (Wildman–Crippen MR) is 72.0 cm³/mol. The molecular weight excluding hydrogens is 230 g/mol. The summed E-state index contributed by atoms with van der Waals surface area (Å²) in [5.74, 6) is 0.990. The second-order valence-electron chi connectivity index (χ2n) is 4.44. The Kier molecular flexibility index (Phi) is 2.56. The molecule has 2 unspecified atom stereocenters. The average Bonchev–Trinajstić information content (AvgIpc) is 2.82. The lowest BCUT2D eigenvalue weighted by Gasteiger charge is -2.33. The fraction of sp³-hybridized carbons (Fsp3) is 0.286. The minimum absolute atomic E-state index is 0.114. The minimum Gasteiger partial charge on any atom is -0.480 e. The van der Waals surface area contributed by atoms with Crippen LogP contribution in [0.25, 0.3) is 0 Å². The molecule has 2 nitrogen and oxygen atoms in total. The molecule has 0 radical (unpaired) electrons. The zero-order chi connectivity index (χ0) is 11.8. The number of nitrogens with one attached hydrogen (secondary N) is 1. The molecule has 0 spiro atoms. The molecular formula is C14H15NOS. The third-order valence-corrected chi connectivity index (χ3v) is 4.05. The van der Waals surface area contributed by atoms with Gasteiger partial charge in [-0.2, -0.15) is 0 Å². The fourth-order valence-electron chi connectivity index (χ4n) is 2.23. The summed E-state index contributed by atoms with van der Waals surface area (Å²) < 4.78 is 6.17. The quantitative estimate of drug-likeness (QED) is 0.820. The molecule has 1 aliphatic rings. The van der Waals surface area contributed by atoms with E-state index in [1.807, 2.05) is 0 Å². The maximum Gasteiger partial charge on any atom is 0.153 e. The molecule has 3 heteroatoms. The predicted octanol–water partition coefficient (Wildman–Crippen LogP) is 3.99. The Morgan fingerprint density at radius 1 is 1.24 bits per heavy atom. The van der Waals surface area contributed by atoms with Crippen molar-refractivity contribution in [2.45, 2.75) is 26.0 Å². The van der Waals surface area contributed by atoms with Crippen LogP contribution in [0.3, 0.4) is 0 Å². The molecule has 2 heterocycles. The molecule has 3 rings (SSSR count). The van der Waals surface area contributed by atoms with Crippen molar-refractivity contribution in [2.24, 2.45) is 0 Å². The number of benzene rings is 1. The molecule has 1 aliphatic heterocycles. The third-order valence-electron chi connectivity index (χ3n) is 3.12. The van der Waals surface area contributed by atoms with E-state index < -0.39 is 0 Å². The summed E-state index contributed by atoms with van der Waals surface area (Å²) in [6, 6.07) is 10.7.